The number of urea groups is 1. The number of fused-ring (bicyclic) bond motifs is 3. The molecule has 2 N–H and O–H groups in total. The van der Waals surface area contributed by atoms with Crippen LogP contribution in [0.3, 0.4) is 0 Å². The Morgan fingerprint density at radius 1 is 1.32 bits per heavy atom. The van der Waals surface area contributed by atoms with E-state index in [-0.39, 0.29) is 22.6 Å². The summed E-state index contributed by atoms with van der Waals surface area (Å²) in [5.41, 5.74) is 1.19. The molecule has 7 heteroatoms. The number of nitro benzene ring substituents is 1. The highest BCUT2D eigenvalue weighted by atomic mass is 16.6. The SMILES string of the molecule is CC1=C2C(=O)c3cccc([N+](=O)[O-])c3C2NC(=O)N1. The van der Waals surface area contributed by atoms with Crippen molar-refractivity contribution in [3.05, 3.63) is 50.7 Å². The van der Waals surface area contributed by atoms with Crippen LogP contribution >= 0.6 is 0 Å². The van der Waals surface area contributed by atoms with Gasteiger partial charge in [-0.05, 0) is 6.92 Å². The molecule has 0 bridgehead atoms. The number of Topliss-reactive ketones (excluding diaryl/α,β-unsaturated/α-hetero) is 1. The molecule has 0 spiro atoms. The minimum atomic E-state index is -0.738. The third-order valence-electron chi connectivity index (χ3n) is 3.33. The van der Waals surface area contributed by atoms with Gasteiger partial charge in [-0.3, -0.25) is 14.9 Å². The van der Waals surface area contributed by atoms with E-state index in [0.29, 0.717) is 11.3 Å². The Kier molecular flexibility index (Phi) is 2.19. The number of ketones is 1. The first-order chi connectivity index (χ1) is 9.00. The molecule has 3 rings (SSSR count). The van der Waals surface area contributed by atoms with Crippen molar-refractivity contribution < 1.29 is 14.5 Å². The molecule has 0 saturated carbocycles. The minimum absolute atomic E-state index is 0.152. The van der Waals surface area contributed by atoms with Crippen molar-refractivity contribution in [2.45, 2.75) is 13.0 Å². The van der Waals surface area contributed by atoms with E-state index in [9.17, 15) is 19.7 Å². The lowest BCUT2D eigenvalue weighted by molar-refractivity contribution is -0.385. The summed E-state index contributed by atoms with van der Waals surface area (Å²) in [6.07, 6.45) is 0. The number of amides is 2. The van der Waals surface area contributed by atoms with E-state index in [2.05, 4.69) is 10.6 Å². The molecule has 19 heavy (non-hydrogen) atoms. The molecular formula is C12H9N3O4. The molecule has 0 saturated heterocycles. The van der Waals surface area contributed by atoms with E-state index < -0.39 is 17.0 Å². The second-order valence-electron chi connectivity index (χ2n) is 4.39. The number of hydrogen-bond donors (Lipinski definition) is 2. The maximum Gasteiger partial charge on any atom is 0.319 e. The molecule has 1 unspecified atom stereocenters. The highest BCUT2D eigenvalue weighted by molar-refractivity contribution is 6.16. The van der Waals surface area contributed by atoms with Gasteiger partial charge in [0.05, 0.1) is 16.5 Å². The number of nitrogens with one attached hydrogen (secondary N) is 2. The van der Waals surface area contributed by atoms with Gasteiger partial charge < -0.3 is 10.6 Å². The molecule has 1 aliphatic carbocycles. The quantitative estimate of drug-likeness (QED) is 0.588. The van der Waals surface area contributed by atoms with Crippen LogP contribution in [0.5, 0.6) is 0 Å². The third kappa shape index (κ3) is 1.44. The van der Waals surface area contributed by atoms with Crippen molar-refractivity contribution in [1.29, 1.82) is 0 Å². The van der Waals surface area contributed by atoms with E-state index >= 15 is 0 Å². The lowest BCUT2D eigenvalue weighted by atomic mass is 10.0. The minimum Gasteiger partial charge on any atom is -0.326 e. The summed E-state index contributed by atoms with van der Waals surface area (Å²) in [7, 11) is 0. The topological polar surface area (TPSA) is 101 Å². The molecular weight excluding hydrogens is 250 g/mol. The van der Waals surface area contributed by atoms with Gasteiger partial charge in [0.25, 0.3) is 5.69 Å². The lowest BCUT2D eigenvalue weighted by Gasteiger charge is -2.23. The summed E-state index contributed by atoms with van der Waals surface area (Å²) in [6.45, 7) is 1.61. The monoisotopic (exact) mass is 259 g/mol. The molecule has 1 aromatic carbocycles. The van der Waals surface area contributed by atoms with Gasteiger partial charge in [0.1, 0.15) is 0 Å². The van der Waals surface area contributed by atoms with Gasteiger partial charge in [0, 0.05) is 22.9 Å². The smallest absolute Gasteiger partial charge is 0.319 e. The standard InChI is InChI=1S/C12H9N3O4/c1-5-8-10(14-12(17)13-5)9-6(11(8)16)3-2-4-7(9)15(18)19/h2-4,10H,1H3,(H2,13,14,17). The van der Waals surface area contributed by atoms with Gasteiger partial charge in [-0.2, -0.15) is 0 Å². The first-order valence-corrected chi connectivity index (χ1v) is 5.61. The fourth-order valence-electron chi connectivity index (χ4n) is 2.57. The fourth-order valence-corrected chi connectivity index (χ4v) is 2.57. The lowest BCUT2D eigenvalue weighted by Crippen LogP contribution is -2.42. The van der Waals surface area contributed by atoms with Gasteiger partial charge >= 0.3 is 6.03 Å². The molecule has 0 aromatic heterocycles. The van der Waals surface area contributed by atoms with E-state index in [1.807, 2.05) is 0 Å². The van der Waals surface area contributed by atoms with Crippen LogP contribution in [0.4, 0.5) is 10.5 Å². The number of allylic oxidation sites excluding steroid dienone is 1. The average Bonchev–Trinajstić information content (AvgIpc) is 2.63. The first kappa shape index (κ1) is 11.4. The molecule has 1 atom stereocenters. The number of carbonyl (C=O) groups excluding carboxylic acids is 2. The van der Waals surface area contributed by atoms with Crippen LogP contribution in [0.1, 0.15) is 28.9 Å². The van der Waals surface area contributed by atoms with Gasteiger partial charge in [0.15, 0.2) is 5.78 Å². The van der Waals surface area contributed by atoms with Crippen molar-refractivity contribution in [1.82, 2.24) is 10.6 Å². The predicted octanol–water partition coefficient (Wildman–Crippen LogP) is 1.42. The average molecular weight is 259 g/mol. The summed E-state index contributed by atoms with van der Waals surface area (Å²) in [6, 6.07) is 3.13. The summed E-state index contributed by atoms with van der Waals surface area (Å²) in [5, 5.41) is 16.1. The van der Waals surface area contributed by atoms with Crippen LogP contribution < -0.4 is 10.6 Å². The molecule has 7 nitrogen and oxygen atoms in total. The van der Waals surface area contributed by atoms with Gasteiger partial charge in [-0.15, -0.1) is 0 Å². The van der Waals surface area contributed by atoms with Gasteiger partial charge in [0.2, 0.25) is 0 Å². The normalized spacial score (nSPS) is 20.6. The van der Waals surface area contributed by atoms with Crippen LogP contribution in [-0.2, 0) is 0 Å². The first-order valence-electron chi connectivity index (χ1n) is 5.61. The number of hydrogen-bond acceptors (Lipinski definition) is 4. The Balaban J connectivity index is 2.30. The Hall–Kier alpha value is -2.70. The summed E-state index contributed by atoms with van der Waals surface area (Å²) < 4.78 is 0. The van der Waals surface area contributed by atoms with Crippen LogP contribution in [0.15, 0.2) is 29.5 Å². The fraction of sp³-hybridized carbons (Fsp3) is 0.167. The van der Waals surface area contributed by atoms with Crippen LogP contribution in [-0.4, -0.2) is 16.7 Å². The van der Waals surface area contributed by atoms with Crippen molar-refractivity contribution in [2.75, 3.05) is 0 Å². The maximum absolute atomic E-state index is 12.3. The van der Waals surface area contributed by atoms with Gasteiger partial charge in [-0.25, -0.2) is 4.79 Å². The Labute approximate surface area is 107 Å². The molecule has 2 aliphatic rings. The van der Waals surface area contributed by atoms with Crippen molar-refractivity contribution in [3.8, 4) is 0 Å². The predicted molar refractivity (Wildman–Crippen MR) is 64.5 cm³/mol. The van der Waals surface area contributed by atoms with E-state index in [0.717, 1.165) is 0 Å². The second-order valence-corrected chi connectivity index (χ2v) is 4.39. The number of rotatable bonds is 1. The Bertz CT molecular complexity index is 678. The molecule has 1 heterocycles. The van der Waals surface area contributed by atoms with E-state index in [1.54, 1.807) is 6.92 Å². The Morgan fingerprint density at radius 2 is 2.05 bits per heavy atom. The van der Waals surface area contributed by atoms with Crippen LogP contribution in [0.25, 0.3) is 0 Å². The number of carbonyl (C=O) groups is 2. The molecule has 1 aliphatic heterocycles. The van der Waals surface area contributed by atoms with Crippen LogP contribution in [0.2, 0.25) is 0 Å². The molecule has 0 radical (unpaired) electrons. The molecule has 0 fully saturated rings. The highest BCUT2D eigenvalue weighted by Gasteiger charge is 2.43. The number of nitrogens with zero attached hydrogens (tertiary/aromatic N) is 1. The summed E-state index contributed by atoms with van der Waals surface area (Å²) >= 11 is 0. The largest absolute Gasteiger partial charge is 0.326 e. The van der Waals surface area contributed by atoms with Gasteiger partial charge in [-0.1, -0.05) is 12.1 Å². The molecule has 96 valence electrons. The van der Waals surface area contributed by atoms with Crippen molar-refractivity contribution in [3.63, 3.8) is 0 Å². The zero-order valence-electron chi connectivity index (χ0n) is 9.89. The zero-order valence-corrected chi connectivity index (χ0v) is 9.89. The second kappa shape index (κ2) is 3.64. The number of nitro groups is 1. The summed E-state index contributed by atoms with van der Waals surface area (Å²) in [5.74, 6) is -0.284. The maximum atomic E-state index is 12.3. The van der Waals surface area contributed by atoms with E-state index in [4.69, 9.17) is 0 Å². The third-order valence-corrected chi connectivity index (χ3v) is 3.33. The number of benzene rings is 1. The molecule has 1 aromatic rings. The van der Waals surface area contributed by atoms with Crippen LogP contribution in [0, 0.1) is 10.1 Å². The van der Waals surface area contributed by atoms with Crippen molar-refractivity contribution in [2.24, 2.45) is 0 Å². The van der Waals surface area contributed by atoms with E-state index in [1.165, 1.54) is 18.2 Å². The molecule has 2 amide bonds. The summed E-state index contributed by atoms with van der Waals surface area (Å²) in [4.78, 5) is 34.2. The van der Waals surface area contributed by atoms with Crippen molar-refractivity contribution >= 4 is 17.5 Å². The zero-order chi connectivity index (χ0) is 13.7. The highest BCUT2D eigenvalue weighted by Crippen LogP contribution is 2.42. The Morgan fingerprint density at radius 3 is 2.74 bits per heavy atom.